The van der Waals surface area contributed by atoms with E-state index in [-0.39, 0.29) is 0 Å². The molecule has 0 bridgehead atoms. The molecule has 1 N–H and O–H groups in total. The molecule has 1 saturated carbocycles. The van der Waals surface area contributed by atoms with Crippen molar-refractivity contribution >= 4 is 11.3 Å². The van der Waals surface area contributed by atoms with Crippen LogP contribution in [0.25, 0.3) is 0 Å². The summed E-state index contributed by atoms with van der Waals surface area (Å²) in [5.74, 6) is 1.83. The molecule has 2 heteroatoms. The van der Waals surface area contributed by atoms with Crippen molar-refractivity contribution in [2.75, 3.05) is 0 Å². The SMILES string of the molecule is CC1CCCC(C(C)NCc2ccsc2)C1. The summed E-state index contributed by atoms with van der Waals surface area (Å²) in [6, 6.07) is 2.89. The highest BCUT2D eigenvalue weighted by Crippen LogP contribution is 2.30. The van der Waals surface area contributed by atoms with E-state index in [1.54, 1.807) is 11.3 Å². The van der Waals surface area contributed by atoms with E-state index in [4.69, 9.17) is 0 Å². The molecule has 0 spiro atoms. The highest BCUT2D eigenvalue weighted by atomic mass is 32.1. The second-order valence-corrected chi connectivity index (χ2v) is 6.11. The van der Waals surface area contributed by atoms with Gasteiger partial charge in [0, 0.05) is 12.6 Å². The van der Waals surface area contributed by atoms with Crippen molar-refractivity contribution in [2.24, 2.45) is 11.8 Å². The van der Waals surface area contributed by atoms with Crippen molar-refractivity contribution in [3.8, 4) is 0 Å². The van der Waals surface area contributed by atoms with Crippen LogP contribution in [0.4, 0.5) is 0 Å². The molecule has 1 fully saturated rings. The van der Waals surface area contributed by atoms with Crippen LogP contribution in [0.3, 0.4) is 0 Å². The van der Waals surface area contributed by atoms with E-state index in [0.29, 0.717) is 6.04 Å². The van der Waals surface area contributed by atoms with Gasteiger partial charge < -0.3 is 5.32 Å². The number of nitrogens with one attached hydrogen (secondary N) is 1. The van der Waals surface area contributed by atoms with Crippen LogP contribution in [0.1, 0.15) is 45.1 Å². The van der Waals surface area contributed by atoms with E-state index in [0.717, 1.165) is 18.4 Å². The van der Waals surface area contributed by atoms with E-state index < -0.39 is 0 Å². The summed E-state index contributed by atoms with van der Waals surface area (Å²) in [5.41, 5.74) is 1.43. The normalized spacial score (nSPS) is 27.9. The number of hydrogen-bond donors (Lipinski definition) is 1. The first-order valence-electron chi connectivity index (χ1n) is 6.50. The van der Waals surface area contributed by atoms with Crippen molar-refractivity contribution in [1.29, 1.82) is 0 Å². The van der Waals surface area contributed by atoms with Crippen molar-refractivity contribution in [3.05, 3.63) is 22.4 Å². The van der Waals surface area contributed by atoms with Gasteiger partial charge in [-0.25, -0.2) is 0 Å². The van der Waals surface area contributed by atoms with Gasteiger partial charge in [0.1, 0.15) is 0 Å². The monoisotopic (exact) mass is 237 g/mol. The summed E-state index contributed by atoms with van der Waals surface area (Å²) < 4.78 is 0. The molecule has 0 aliphatic heterocycles. The maximum atomic E-state index is 3.68. The van der Waals surface area contributed by atoms with Crippen molar-refractivity contribution in [3.63, 3.8) is 0 Å². The van der Waals surface area contributed by atoms with Crippen LogP contribution in [-0.2, 0) is 6.54 Å². The average molecular weight is 237 g/mol. The molecule has 16 heavy (non-hydrogen) atoms. The topological polar surface area (TPSA) is 12.0 Å². The highest BCUT2D eigenvalue weighted by Gasteiger charge is 2.23. The average Bonchev–Trinajstić information content (AvgIpc) is 2.78. The van der Waals surface area contributed by atoms with Crippen LogP contribution < -0.4 is 5.32 Å². The van der Waals surface area contributed by atoms with Crippen molar-refractivity contribution in [1.82, 2.24) is 5.32 Å². The molecule has 1 nitrogen and oxygen atoms in total. The summed E-state index contributed by atoms with van der Waals surface area (Å²) in [6.07, 6.45) is 5.70. The van der Waals surface area contributed by atoms with Gasteiger partial charge >= 0.3 is 0 Å². The van der Waals surface area contributed by atoms with Crippen LogP contribution in [0, 0.1) is 11.8 Å². The largest absolute Gasteiger partial charge is 0.310 e. The lowest BCUT2D eigenvalue weighted by molar-refractivity contribution is 0.230. The molecule has 1 aromatic heterocycles. The summed E-state index contributed by atoms with van der Waals surface area (Å²) in [4.78, 5) is 0. The molecular weight excluding hydrogens is 214 g/mol. The maximum Gasteiger partial charge on any atom is 0.0216 e. The Morgan fingerprint density at radius 3 is 3.06 bits per heavy atom. The zero-order valence-corrected chi connectivity index (χ0v) is 11.2. The lowest BCUT2D eigenvalue weighted by atomic mass is 9.79. The first-order chi connectivity index (χ1) is 7.75. The van der Waals surface area contributed by atoms with Crippen LogP contribution >= 0.6 is 11.3 Å². The van der Waals surface area contributed by atoms with Crippen molar-refractivity contribution < 1.29 is 0 Å². The molecule has 3 atom stereocenters. The molecule has 2 rings (SSSR count). The fourth-order valence-corrected chi connectivity index (χ4v) is 3.44. The van der Waals surface area contributed by atoms with E-state index in [2.05, 4.69) is 36.0 Å². The fraction of sp³-hybridized carbons (Fsp3) is 0.714. The van der Waals surface area contributed by atoms with Gasteiger partial charge in [-0.05, 0) is 54.0 Å². The van der Waals surface area contributed by atoms with E-state index in [9.17, 15) is 0 Å². The molecule has 3 unspecified atom stereocenters. The van der Waals surface area contributed by atoms with E-state index >= 15 is 0 Å². The molecule has 90 valence electrons. The Kier molecular flexibility index (Phi) is 4.42. The Hall–Kier alpha value is -0.340. The van der Waals surface area contributed by atoms with Gasteiger partial charge in [-0.15, -0.1) is 0 Å². The van der Waals surface area contributed by atoms with Gasteiger partial charge in [0.2, 0.25) is 0 Å². The Morgan fingerprint density at radius 1 is 1.50 bits per heavy atom. The molecular formula is C14H23NS. The van der Waals surface area contributed by atoms with Gasteiger partial charge in [0.05, 0.1) is 0 Å². The Labute approximate surface area is 103 Å². The number of hydrogen-bond acceptors (Lipinski definition) is 2. The minimum absolute atomic E-state index is 0.669. The molecule has 0 aromatic carbocycles. The van der Waals surface area contributed by atoms with Crippen LogP contribution in [-0.4, -0.2) is 6.04 Å². The minimum atomic E-state index is 0.669. The third-order valence-corrected chi connectivity index (χ3v) is 4.62. The first-order valence-corrected chi connectivity index (χ1v) is 7.44. The summed E-state index contributed by atoms with van der Waals surface area (Å²) >= 11 is 1.79. The number of thiophene rings is 1. The molecule has 1 aromatic rings. The third-order valence-electron chi connectivity index (χ3n) is 3.89. The van der Waals surface area contributed by atoms with E-state index in [1.807, 2.05) is 0 Å². The molecule has 1 aliphatic rings. The van der Waals surface area contributed by atoms with Crippen LogP contribution in [0.5, 0.6) is 0 Å². The zero-order chi connectivity index (χ0) is 11.4. The third kappa shape index (κ3) is 3.33. The van der Waals surface area contributed by atoms with Gasteiger partial charge in [-0.1, -0.05) is 19.8 Å². The van der Waals surface area contributed by atoms with Gasteiger partial charge in [0.15, 0.2) is 0 Å². The van der Waals surface area contributed by atoms with E-state index in [1.165, 1.54) is 31.2 Å². The Bertz CT molecular complexity index is 294. The predicted octanol–water partition coefficient (Wildman–Crippen LogP) is 4.05. The summed E-state index contributed by atoms with van der Waals surface area (Å²) in [7, 11) is 0. The first kappa shape index (κ1) is 12.1. The molecule has 0 radical (unpaired) electrons. The Balaban J connectivity index is 1.76. The smallest absolute Gasteiger partial charge is 0.0216 e. The van der Waals surface area contributed by atoms with Gasteiger partial charge in [0.25, 0.3) is 0 Å². The molecule has 1 aliphatic carbocycles. The quantitative estimate of drug-likeness (QED) is 0.833. The summed E-state index contributed by atoms with van der Waals surface area (Å²) in [5, 5.41) is 8.08. The minimum Gasteiger partial charge on any atom is -0.310 e. The van der Waals surface area contributed by atoms with Gasteiger partial charge in [-0.3, -0.25) is 0 Å². The molecule has 0 saturated heterocycles. The molecule has 1 heterocycles. The molecule has 0 amide bonds. The fourth-order valence-electron chi connectivity index (χ4n) is 2.77. The number of rotatable bonds is 4. The second kappa shape index (κ2) is 5.83. The summed E-state index contributed by atoms with van der Waals surface area (Å²) in [6.45, 7) is 5.79. The zero-order valence-electron chi connectivity index (χ0n) is 10.4. The van der Waals surface area contributed by atoms with Gasteiger partial charge in [-0.2, -0.15) is 11.3 Å². The maximum absolute atomic E-state index is 3.68. The van der Waals surface area contributed by atoms with Crippen LogP contribution in [0.15, 0.2) is 16.8 Å². The van der Waals surface area contributed by atoms with Crippen LogP contribution in [0.2, 0.25) is 0 Å². The predicted molar refractivity (Wildman–Crippen MR) is 71.7 cm³/mol. The highest BCUT2D eigenvalue weighted by molar-refractivity contribution is 7.07. The Morgan fingerprint density at radius 2 is 2.38 bits per heavy atom. The van der Waals surface area contributed by atoms with Crippen molar-refractivity contribution in [2.45, 2.75) is 52.1 Å². The lowest BCUT2D eigenvalue weighted by Crippen LogP contribution is -2.35. The lowest BCUT2D eigenvalue weighted by Gasteiger charge is -2.31. The second-order valence-electron chi connectivity index (χ2n) is 5.33. The standard InChI is InChI=1S/C14H23NS/c1-11-4-3-5-14(8-11)12(2)15-9-13-6-7-16-10-13/h6-7,10-12,14-15H,3-5,8-9H2,1-2H3.